The Kier molecular flexibility index (Phi) is 5.03. The number of thioether (sulfide) groups is 1. The fourth-order valence-corrected chi connectivity index (χ4v) is 3.24. The van der Waals surface area contributed by atoms with E-state index in [9.17, 15) is 9.59 Å². The molecule has 2 aromatic heterocycles. The molecule has 0 spiro atoms. The van der Waals surface area contributed by atoms with Crippen molar-refractivity contribution in [3.63, 3.8) is 0 Å². The first kappa shape index (κ1) is 15.6. The third kappa shape index (κ3) is 4.08. The zero-order valence-electron chi connectivity index (χ0n) is 11.6. The lowest BCUT2D eigenvalue weighted by Gasteiger charge is -2.04. The number of carboxylic acids is 1. The van der Waals surface area contributed by atoms with Crippen LogP contribution in [0.1, 0.15) is 26.8 Å². The van der Waals surface area contributed by atoms with Crippen LogP contribution < -0.4 is 5.32 Å². The van der Waals surface area contributed by atoms with Gasteiger partial charge in [-0.3, -0.25) is 4.79 Å². The van der Waals surface area contributed by atoms with Crippen molar-refractivity contribution in [2.75, 3.05) is 11.1 Å². The zero-order chi connectivity index (χ0) is 15.4. The predicted molar refractivity (Wildman–Crippen MR) is 84.1 cm³/mol. The summed E-state index contributed by atoms with van der Waals surface area (Å²) in [7, 11) is 0. The molecule has 0 aromatic carbocycles. The quantitative estimate of drug-likeness (QED) is 0.759. The van der Waals surface area contributed by atoms with Crippen LogP contribution in [0.3, 0.4) is 0 Å². The van der Waals surface area contributed by atoms with Crippen molar-refractivity contribution in [3.05, 3.63) is 33.5 Å². The normalized spacial score (nSPS) is 10.6. The van der Waals surface area contributed by atoms with Gasteiger partial charge in [0.25, 0.3) is 0 Å². The number of aryl methyl sites for hydroxylation is 2. The summed E-state index contributed by atoms with van der Waals surface area (Å²) in [5, 5.41) is 14.7. The standard InChI is InChI=1S/C13H15N3O3S2/c1-7-12(13(18)19)10(3-14-7)16-11(17)6-20-4-9-5-21-8(2)15-9/h3,5,14H,4,6H2,1-2H3,(H,16,17)(H,18,19). The summed E-state index contributed by atoms with van der Waals surface area (Å²) in [6.45, 7) is 3.59. The van der Waals surface area contributed by atoms with Gasteiger partial charge in [0, 0.05) is 23.0 Å². The highest BCUT2D eigenvalue weighted by atomic mass is 32.2. The molecule has 0 aliphatic rings. The minimum atomic E-state index is -1.06. The van der Waals surface area contributed by atoms with E-state index in [0.717, 1.165) is 10.7 Å². The fourth-order valence-electron chi connectivity index (χ4n) is 1.81. The van der Waals surface area contributed by atoms with Crippen LogP contribution in [0.15, 0.2) is 11.6 Å². The van der Waals surface area contributed by atoms with Gasteiger partial charge in [-0.05, 0) is 13.8 Å². The molecule has 0 bridgehead atoms. The molecule has 2 aromatic rings. The van der Waals surface area contributed by atoms with E-state index in [1.54, 1.807) is 18.3 Å². The highest BCUT2D eigenvalue weighted by Gasteiger charge is 2.17. The van der Waals surface area contributed by atoms with Gasteiger partial charge < -0.3 is 15.4 Å². The molecular formula is C13H15N3O3S2. The number of rotatable bonds is 6. The molecule has 8 heteroatoms. The van der Waals surface area contributed by atoms with Crippen LogP contribution in [-0.2, 0) is 10.5 Å². The predicted octanol–water partition coefficient (Wildman–Crippen LogP) is 2.66. The first-order valence-electron chi connectivity index (χ1n) is 6.17. The molecular weight excluding hydrogens is 310 g/mol. The number of H-pyrrole nitrogens is 1. The van der Waals surface area contributed by atoms with E-state index in [0.29, 0.717) is 17.1 Å². The molecule has 6 nitrogen and oxygen atoms in total. The van der Waals surface area contributed by atoms with Gasteiger partial charge >= 0.3 is 5.97 Å². The molecule has 0 unspecified atom stereocenters. The molecule has 0 aliphatic heterocycles. The molecule has 1 amide bonds. The number of amides is 1. The number of hydrogen-bond acceptors (Lipinski definition) is 5. The van der Waals surface area contributed by atoms with E-state index in [1.165, 1.54) is 18.0 Å². The molecule has 0 atom stereocenters. The first-order valence-corrected chi connectivity index (χ1v) is 8.20. The van der Waals surface area contributed by atoms with Crippen molar-refractivity contribution in [1.29, 1.82) is 0 Å². The Morgan fingerprint density at radius 1 is 1.48 bits per heavy atom. The smallest absolute Gasteiger partial charge is 0.339 e. The molecule has 2 rings (SSSR count). The Morgan fingerprint density at radius 3 is 2.86 bits per heavy atom. The molecule has 0 aliphatic carbocycles. The number of anilines is 1. The molecule has 2 heterocycles. The van der Waals surface area contributed by atoms with Crippen molar-refractivity contribution in [1.82, 2.24) is 9.97 Å². The third-order valence-electron chi connectivity index (χ3n) is 2.71. The minimum absolute atomic E-state index is 0.100. The van der Waals surface area contributed by atoms with Crippen molar-refractivity contribution in [2.24, 2.45) is 0 Å². The lowest BCUT2D eigenvalue weighted by atomic mass is 10.2. The second-order valence-corrected chi connectivity index (χ2v) is 6.45. The Bertz CT molecular complexity index is 663. The van der Waals surface area contributed by atoms with Crippen molar-refractivity contribution in [3.8, 4) is 0 Å². The summed E-state index contributed by atoms with van der Waals surface area (Å²) in [5.74, 6) is -0.377. The summed E-state index contributed by atoms with van der Waals surface area (Å²) in [6, 6.07) is 0. The van der Waals surface area contributed by atoms with Gasteiger partial charge in [-0.2, -0.15) is 0 Å². The van der Waals surface area contributed by atoms with Crippen LogP contribution in [0.25, 0.3) is 0 Å². The van der Waals surface area contributed by atoms with Crippen molar-refractivity contribution >= 4 is 40.7 Å². The summed E-state index contributed by atoms with van der Waals surface area (Å²) in [5.41, 5.74) is 1.88. The third-order valence-corrected chi connectivity index (χ3v) is 4.50. The number of carbonyl (C=O) groups is 2. The largest absolute Gasteiger partial charge is 0.478 e. The first-order chi connectivity index (χ1) is 9.97. The topological polar surface area (TPSA) is 95.1 Å². The SMILES string of the molecule is Cc1nc(CSCC(=O)Nc2c[nH]c(C)c2C(=O)O)cs1. The van der Waals surface area contributed by atoms with E-state index in [1.807, 2.05) is 12.3 Å². The zero-order valence-corrected chi connectivity index (χ0v) is 13.2. The highest BCUT2D eigenvalue weighted by molar-refractivity contribution is 7.99. The maximum absolute atomic E-state index is 11.8. The lowest BCUT2D eigenvalue weighted by molar-refractivity contribution is -0.113. The number of aromatic carboxylic acids is 1. The maximum atomic E-state index is 11.8. The number of nitrogens with zero attached hydrogens (tertiary/aromatic N) is 1. The second-order valence-electron chi connectivity index (χ2n) is 4.41. The van der Waals surface area contributed by atoms with Crippen LogP contribution in [0.5, 0.6) is 0 Å². The van der Waals surface area contributed by atoms with Gasteiger partial charge in [0.05, 0.1) is 22.1 Å². The van der Waals surface area contributed by atoms with Crippen LogP contribution in [0, 0.1) is 13.8 Å². The van der Waals surface area contributed by atoms with E-state index in [2.05, 4.69) is 15.3 Å². The average Bonchev–Trinajstić information content (AvgIpc) is 2.96. The van der Waals surface area contributed by atoms with Gasteiger partial charge in [-0.1, -0.05) is 0 Å². The molecule has 21 heavy (non-hydrogen) atoms. The van der Waals surface area contributed by atoms with Crippen molar-refractivity contribution < 1.29 is 14.7 Å². The Labute approximate surface area is 130 Å². The number of thiazole rings is 1. The molecule has 0 radical (unpaired) electrons. The average molecular weight is 325 g/mol. The monoisotopic (exact) mass is 325 g/mol. The molecule has 3 N–H and O–H groups in total. The number of aromatic amines is 1. The van der Waals surface area contributed by atoms with Gasteiger partial charge in [-0.15, -0.1) is 23.1 Å². The number of carboxylic acid groups (broad SMARTS) is 1. The Hall–Kier alpha value is -1.80. The lowest BCUT2D eigenvalue weighted by Crippen LogP contribution is -2.16. The highest BCUT2D eigenvalue weighted by Crippen LogP contribution is 2.20. The van der Waals surface area contributed by atoms with Crippen LogP contribution in [0.2, 0.25) is 0 Å². The number of carbonyl (C=O) groups excluding carboxylic acids is 1. The molecule has 0 fully saturated rings. The van der Waals surface area contributed by atoms with Gasteiger partial charge in [0.1, 0.15) is 5.56 Å². The van der Waals surface area contributed by atoms with Crippen LogP contribution in [-0.4, -0.2) is 32.7 Å². The molecule has 112 valence electrons. The second kappa shape index (κ2) is 6.77. The summed E-state index contributed by atoms with van der Waals surface area (Å²) in [4.78, 5) is 30.1. The molecule has 0 saturated heterocycles. The van der Waals surface area contributed by atoms with E-state index < -0.39 is 5.97 Å². The van der Waals surface area contributed by atoms with Gasteiger partial charge in [-0.25, -0.2) is 9.78 Å². The maximum Gasteiger partial charge on any atom is 0.339 e. The van der Waals surface area contributed by atoms with Crippen LogP contribution >= 0.6 is 23.1 Å². The minimum Gasteiger partial charge on any atom is -0.478 e. The number of aromatic nitrogens is 2. The molecule has 0 saturated carbocycles. The van der Waals surface area contributed by atoms with E-state index in [-0.39, 0.29) is 17.2 Å². The number of hydrogen-bond donors (Lipinski definition) is 3. The van der Waals surface area contributed by atoms with E-state index in [4.69, 9.17) is 5.11 Å². The Balaban J connectivity index is 1.86. The van der Waals surface area contributed by atoms with Gasteiger partial charge in [0.15, 0.2) is 0 Å². The summed E-state index contributed by atoms with van der Waals surface area (Å²) in [6.07, 6.45) is 1.49. The Morgan fingerprint density at radius 2 is 2.24 bits per heavy atom. The number of nitrogens with one attached hydrogen (secondary N) is 2. The summed E-state index contributed by atoms with van der Waals surface area (Å²) < 4.78 is 0. The van der Waals surface area contributed by atoms with E-state index >= 15 is 0 Å². The van der Waals surface area contributed by atoms with Crippen molar-refractivity contribution in [2.45, 2.75) is 19.6 Å². The van der Waals surface area contributed by atoms with Gasteiger partial charge in [0.2, 0.25) is 5.91 Å². The van der Waals surface area contributed by atoms with Crippen LogP contribution in [0.4, 0.5) is 5.69 Å². The fraction of sp³-hybridized carbons (Fsp3) is 0.308. The summed E-state index contributed by atoms with van der Waals surface area (Å²) >= 11 is 3.02.